The molecule has 0 spiro atoms. The minimum Gasteiger partial charge on any atom is -0.457 e. The van der Waals surface area contributed by atoms with Gasteiger partial charge in [-0.1, -0.05) is 18.2 Å². The second-order valence-corrected chi connectivity index (χ2v) is 7.61. The van der Waals surface area contributed by atoms with Gasteiger partial charge >= 0.3 is 0 Å². The molecule has 26 heavy (non-hydrogen) atoms. The van der Waals surface area contributed by atoms with E-state index in [1.807, 2.05) is 49.4 Å². The van der Waals surface area contributed by atoms with E-state index in [9.17, 15) is 9.90 Å². The summed E-state index contributed by atoms with van der Waals surface area (Å²) in [5.74, 6) is 2.06. The third-order valence-electron chi connectivity index (χ3n) is 5.52. The van der Waals surface area contributed by atoms with Crippen molar-refractivity contribution in [3.63, 3.8) is 0 Å². The predicted molar refractivity (Wildman–Crippen MR) is 100 cm³/mol. The van der Waals surface area contributed by atoms with Crippen LogP contribution in [0, 0.1) is 18.8 Å². The number of para-hydroxylation sites is 1. The fraction of sp³-hybridized carbons (Fsp3) is 0.409. The molecule has 0 aromatic heterocycles. The van der Waals surface area contributed by atoms with E-state index in [-0.39, 0.29) is 5.91 Å². The molecule has 0 bridgehead atoms. The van der Waals surface area contributed by atoms with E-state index in [4.69, 9.17) is 4.74 Å². The number of benzene rings is 2. The first-order valence-electron chi connectivity index (χ1n) is 9.40. The SMILES string of the molecule is Cc1cc(Oc2ccccc2)ccc1C(=O)NCC(O)(C1CC1)C1CC1. The Morgan fingerprint density at radius 3 is 2.31 bits per heavy atom. The zero-order valence-corrected chi connectivity index (χ0v) is 15.1. The van der Waals surface area contributed by atoms with Gasteiger partial charge in [0, 0.05) is 12.1 Å². The van der Waals surface area contributed by atoms with E-state index in [0.29, 0.717) is 29.7 Å². The summed E-state index contributed by atoms with van der Waals surface area (Å²) in [7, 11) is 0. The standard InChI is InChI=1S/C22H25NO3/c1-15-13-19(26-18-5-3-2-4-6-18)11-12-20(15)21(24)23-14-22(25,16-7-8-16)17-9-10-17/h2-6,11-13,16-17,25H,7-10,14H2,1H3,(H,23,24). The third-order valence-corrected chi connectivity index (χ3v) is 5.52. The van der Waals surface area contributed by atoms with Crippen LogP contribution in [0.25, 0.3) is 0 Å². The molecule has 2 aromatic carbocycles. The Morgan fingerprint density at radius 1 is 1.08 bits per heavy atom. The highest BCUT2D eigenvalue weighted by atomic mass is 16.5. The molecule has 2 saturated carbocycles. The highest BCUT2D eigenvalue weighted by molar-refractivity contribution is 5.95. The van der Waals surface area contributed by atoms with Crippen molar-refractivity contribution in [1.29, 1.82) is 0 Å². The first-order chi connectivity index (χ1) is 12.6. The number of aryl methyl sites for hydroxylation is 1. The summed E-state index contributed by atoms with van der Waals surface area (Å²) in [6.07, 6.45) is 4.31. The number of amides is 1. The predicted octanol–water partition coefficient (Wildman–Crippen LogP) is 4.07. The van der Waals surface area contributed by atoms with Crippen LogP contribution < -0.4 is 10.1 Å². The van der Waals surface area contributed by atoms with Gasteiger partial charge in [0.25, 0.3) is 5.91 Å². The third kappa shape index (κ3) is 3.61. The van der Waals surface area contributed by atoms with Crippen LogP contribution in [0.2, 0.25) is 0 Å². The molecule has 0 aliphatic heterocycles. The molecule has 0 radical (unpaired) electrons. The van der Waals surface area contributed by atoms with Crippen molar-refractivity contribution in [3.05, 3.63) is 59.7 Å². The molecule has 1 amide bonds. The fourth-order valence-electron chi connectivity index (χ4n) is 3.68. The van der Waals surface area contributed by atoms with Crippen molar-refractivity contribution in [2.45, 2.75) is 38.2 Å². The Balaban J connectivity index is 1.41. The summed E-state index contributed by atoms with van der Waals surface area (Å²) in [5, 5.41) is 13.9. The monoisotopic (exact) mass is 351 g/mol. The molecule has 2 aliphatic carbocycles. The molecule has 2 aromatic rings. The van der Waals surface area contributed by atoms with E-state index >= 15 is 0 Å². The van der Waals surface area contributed by atoms with Gasteiger partial charge in [0.05, 0.1) is 5.60 Å². The molecular weight excluding hydrogens is 326 g/mol. The van der Waals surface area contributed by atoms with Crippen LogP contribution in [-0.4, -0.2) is 23.2 Å². The highest BCUT2D eigenvalue weighted by Crippen LogP contribution is 2.51. The highest BCUT2D eigenvalue weighted by Gasteiger charge is 2.53. The summed E-state index contributed by atoms with van der Waals surface area (Å²) in [4.78, 5) is 12.6. The van der Waals surface area contributed by atoms with Crippen LogP contribution in [0.5, 0.6) is 11.5 Å². The zero-order valence-electron chi connectivity index (χ0n) is 15.1. The van der Waals surface area contributed by atoms with Gasteiger partial charge in [-0.25, -0.2) is 0 Å². The summed E-state index contributed by atoms with van der Waals surface area (Å²) in [6, 6.07) is 15.0. The topological polar surface area (TPSA) is 58.6 Å². The number of nitrogens with one attached hydrogen (secondary N) is 1. The summed E-state index contributed by atoms with van der Waals surface area (Å²) >= 11 is 0. The maximum Gasteiger partial charge on any atom is 0.251 e. The Hall–Kier alpha value is -2.33. The second-order valence-electron chi connectivity index (χ2n) is 7.61. The van der Waals surface area contributed by atoms with Crippen LogP contribution >= 0.6 is 0 Å². The Kier molecular flexibility index (Phi) is 4.45. The summed E-state index contributed by atoms with van der Waals surface area (Å²) < 4.78 is 5.82. The van der Waals surface area contributed by atoms with Crippen LogP contribution in [0.1, 0.15) is 41.6 Å². The molecular formula is C22H25NO3. The van der Waals surface area contributed by atoms with Gasteiger partial charge in [-0.3, -0.25) is 4.79 Å². The quantitative estimate of drug-likeness (QED) is 0.791. The van der Waals surface area contributed by atoms with Gasteiger partial charge in [0.15, 0.2) is 0 Å². The first kappa shape index (κ1) is 17.1. The number of hydrogen-bond donors (Lipinski definition) is 2. The fourth-order valence-corrected chi connectivity index (χ4v) is 3.68. The molecule has 4 rings (SSSR count). The number of rotatable bonds is 7. The molecule has 2 fully saturated rings. The Bertz CT molecular complexity index is 782. The van der Waals surface area contributed by atoms with E-state index in [1.165, 1.54) is 0 Å². The van der Waals surface area contributed by atoms with Crippen LogP contribution in [-0.2, 0) is 0 Å². The molecule has 0 saturated heterocycles. The molecule has 2 N–H and O–H groups in total. The second kappa shape index (κ2) is 6.76. The van der Waals surface area contributed by atoms with E-state index < -0.39 is 5.60 Å². The van der Waals surface area contributed by atoms with Crippen LogP contribution in [0.15, 0.2) is 48.5 Å². The van der Waals surface area contributed by atoms with Crippen LogP contribution in [0.4, 0.5) is 0 Å². The van der Waals surface area contributed by atoms with Gasteiger partial charge in [-0.2, -0.15) is 0 Å². The number of aliphatic hydroxyl groups is 1. The lowest BCUT2D eigenvalue weighted by atomic mass is 9.91. The van der Waals surface area contributed by atoms with Gasteiger partial charge in [0.2, 0.25) is 0 Å². The molecule has 4 nitrogen and oxygen atoms in total. The largest absolute Gasteiger partial charge is 0.457 e. The average molecular weight is 351 g/mol. The van der Waals surface area contributed by atoms with Crippen molar-refractivity contribution in [1.82, 2.24) is 5.32 Å². The maximum atomic E-state index is 12.6. The maximum absolute atomic E-state index is 12.6. The summed E-state index contributed by atoms with van der Waals surface area (Å²) in [5.41, 5.74) is 0.775. The lowest BCUT2D eigenvalue weighted by Crippen LogP contribution is -2.46. The lowest BCUT2D eigenvalue weighted by Gasteiger charge is -2.28. The molecule has 2 aliphatic rings. The normalized spacial score (nSPS) is 17.0. The van der Waals surface area contributed by atoms with Crippen molar-refractivity contribution >= 4 is 5.91 Å². The van der Waals surface area contributed by atoms with Crippen molar-refractivity contribution in [2.75, 3.05) is 6.54 Å². The zero-order chi connectivity index (χ0) is 18.1. The minimum atomic E-state index is -0.708. The Labute approximate surface area is 154 Å². The lowest BCUT2D eigenvalue weighted by molar-refractivity contribution is -0.00322. The van der Waals surface area contributed by atoms with Gasteiger partial charge in [0.1, 0.15) is 11.5 Å². The van der Waals surface area contributed by atoms with E-state index in [2.05, 4.69) is 5.32 Å². The summed E-state index contributed by atoms with van der Waals surface area (Å²) in [6.45, 7) is 2.25. The number of carbonyl (C=O) groups excluding carboxylic acids is 1. The molecule has 4 heteroatoms. The van der Waals surface area contributed by atoms with Gasteiger partial charge < -0.3 is 15.2 Å². The number of hydrogen-bond acceptors (Lipinski definition) is 3. The molecule has 0 unspecified atom stereocenters. The van der Waals surface area contributed by atoms with Gasteiger partial charge in [-0.05, 0) is 80.3 Å². The number of ether oxygens (including phenoxy) is 1. The van der Waals surface area contributed by atoms with Crippen LogP contribution in [0.3, 0.4) is 0 Å². The van der Waals surface area contributed by atoms with Crippen molar-refractivity contribution in [2.24, 2.45) is 11.8 Å². The van der Waals surface area contributed by atoms with Gasteiger partial charge in [-0.15, -0.1) is 0 Å². The Morgan fingerprint density at radius 2 is 1.73 bits per heavy atom. The molecule has 0 atom stereocenters. The van der Waals surface area contributed by atoms with Crippen molar-refractivity contribution < 1.29 is 14.6 Å². The minimum absolute atomic E-state index is 0.131. The smallest absolute Gasteiger partial charge is 0.251 e. The molecule has 0 heterocycles. The van der Waals surface area contributed by atoms with E-state index in [1.54, 1.807) is 6.07 Å². The van der Waals surface area contributed by atoms with E-state index in [0.717, 1.165) is 37.0 Å². The molecule has 136 valence electrons. The number of carbonyl (C=O) groups is 1. The first-order valence-corrected chi connectivity index (χ1v) is 9.40. The average Bonchev–Trinajstić information content (AvgIpc) is 3.52. The van der Waals surface area contributed by atoms with Crippen molar-refractivity contribution in [3.8, 4) is 11.5 Å².